The van der Waals surface area contributed by atoms with Gasteiger partial charge in [-0.3, -0.25) is 9.28 Å². The van der Waals surface area contributed by atoms with Crippen molar-refractivity contribution >= 4 is 5.78 Å². The molecule has 0 rings (SSSR count). The maximum atomic E-state index is 13.1. The standard InChI is InChI=1S/C31H64NO2/c1-7-9-11-13-15-17-18-19-21-23-25-27-29-34-31(3,32(4,5)6)30(33)28-26-24-22-20-16-14-12-10-8-2/h7-29H2,1-6H3/q+1. The zero-order valence-corrected chi connectivity index (χ0v) is 24.5. The van der Waals surface area contributed by atoms with Crippen LogP contribution in [-0.2, 0) is 9.53 Å². The lowest BCUT2D eigenvalue weighted by Crippen LogP contribution is -2.61. The van der Waals surface area contributed by atoms with Crippen molar-refractivity contribution in [2.45, 2.75) is 168 Å². The third kappa shape index (κ3) is 17.1. The molecular formula is C31H64NO2+. The van der Waals surface area contributed by atoms with Gasteiger partial charge in [0.1, 0.15) is 0 Å². The van der Waals surface area contributed by atoms with E-state index in [0.29, 0.717) is 17.5 Å². The fourth-order valence-corrected chi connectivity index (χ4v) is 4.69. The highest BCUT2D eigenvalue weighted by atomic mass is 16.5. The SMILES string of the molecule is CCCCCCCCCCCCCCOC(C)(C(=O)CCCCCCCCCCC)[N+](C)(C)C. The molecule has 3 nitrogen and oxygen atoms in total. The highest BCUT2D eigenvalue weighted by Gasteiger charge is 2.46. The molecule has 0 saturated heterocycles. The molecule has 0 aliphatic rings. The van der Waals surface area contributed by atoms with Crippen LogP contribution in [0.3, 0.4) is 0 Å². The number of unbranched alkanes of at least 4 members (excludes halogenated alkanes) is 19. The lowest BCUT2D eigenvalue weighted by molar-refractivity contribution is -0.936. The molecule has 0 aromatic rings. The van der Waals surface area contributed by atoms with E-state index in [1.807, 2.05) is 6.92 Å². The first-order valence-electron chi connectivity index (χ1n) is 15.3. The number of carbonyl (C=O) groups is 1. The van der Waals surface area contributed by atoms with Gasteiger partial charge in [-0.05, 0) is 12.8 Å². The van der Waals surface area contributed by atoms with Crippen molar-refractivity contribution in [1.29, 1.82) is 0 Å². The van der Waals surface area contributed by atoms with Crippen molar-refractivity contribution in [2.24, 2.45) is 0 Å². The van der Waals surface area contributed by atoms with Gasteiger partial charge in [-0.2, -0.15) is 0 Å². The topological polar surface area (TPSA) is 26.3 Å². The zero-order chi connectivity index (χ0) is 25.5. The Morgan fingerprint density at radius 3 is 1.24 bits per heavy atom. The highest BCUT2D eigenvalue weighted by molar-refractivity contribution is 5.85. The minimum Gasteiger partial charge on any atom is -0.321 e. The molecule has 0 spiro atoms. The van der Waals surface area contributed by atoms with Crippen LogP contribution in [0, 0.1) is 0 Å². The summed E-state index contributed by atoms with van der Waals surface area (Å²) in [6.45, 7) is 7.27. The minimum atomic E-state index is -0.724. The normalized spacial score (nSPS) is 13.8. The number of carbonyl (C=O) groups excluding carboxylic acids is 1. The van der Waals surface area contributed by atoms with Crippen LogP contribution in [-0.4, -0.2) is 43.7 Å². The van der Waals surface area contributed by atoms with E-state index in [1.54, 1.807) is 0 Å². The molecule has 0 radical (unpaired) electrons. The number of Topliss-reactive ketones (excluding diaryl/α,β-unsaturated/α-hetero) is 1. The van der Waals surface area contributed by atoms with Crippen molar-refractivity contribution in [3.05, 3.63) is 0 Å². The second-order valence-electron chi connectivity index (χ2n) is 11.7. The van der Waals surface area contributed by atoms with E-state index >= 15 is 0 Å². The van der Waals surface area contributed by atoms with Gasteiger partial charge in [-0.1, -0.05) is 136 Å². The van der Waals surface area contributed by atoms with Gasteiger partial charge in [0.15, 0.2) is 0 Å². The second kappa shape index (κ2) is 21.8. The number of nitrogens with zero attached hydrogens (tertiary/aromatic N) is 1. The van der Waals surface area contributed by atoms with Crippen LogP contribution < -0.4 is 0 Å². The second-order valence-corrected chi connectivity index (χ2v) is 11.7. The summed E-state index contributed by atoms with van der Waals surface area (Å²) >= 11 is 0. The molecule has 0 heterocycles. The van der Waals surface area contributed by atoms with Gasteiger partial charge in [-0.15, -0.1) is 0 Å². The molecular weight excluding hydrogens is 418 g/mol. The van der Waals surface area contributed by atoms with Gasteiger partial charge < -0.3 is 4.74 Å². The zero-order valence-electron chi connectivity index (χ0n) is 24.5. The van der Waals surface area contributed by atoms with Crippen molar-refractivity contribution in [3.63, 3.8) is 0 Å². The summed E-state index contributed by atoms with van der Waals surface area (Å²) in [6, 6.07) is 0. The van der Waals surface area contributed by atoms with Crippen molar-refractivity contribution in [1.82, 2.24) is 0 Å². The number of rotatable bonds is 26. The number of ketones is 1. The molecule has 0 aliphatic carbocycles. The number of hydrogen-bond acceptors (Lipinski definition) is 2. The van der Waals surface area contributed by atoms with Gasteiger partial charge >= 0.3 is 0 Å². The van der Waals surface area contributed by atoms with Crippen molar-refractivity contribution < 1.29 is 14.0 Å². The summed E-state index contributed by atoms with van der Waals surface area (Å²) in [7, 11) is 6.28. The fourth-order valence-electron chi connectivity index (χ4n) is 4.69. The quantitative estimate of drug-likeness (QED) is 0.0696. The molecule has 0 aromatic carbocycles. The summed E-state index contributed by atoms with van der Waals surface area (Å²) in [5.41, 5.74) is -0.724. The van der Waals surface area contributed by atoms with Crippen LogP contribution in [0.5, 0.6) is 0 Å². The molecule has 34 heavy (non-hydrogen) atoms. The summed E-state index contributed by atoms with van der Waals surface area (Å²) in [4.78, 5) is 13.1. The molecule has 204 valence electrons. The van der Waals surface area contributed by atoms with Crippen molar-refractivity contribution in [3.8, 4) is 0 Å². The first kappa shape index (κ1) is 33.6. The molecule has 3 heteroatoms. The Morgan fingerprint density at radius 1 is 0.559 bits per heavy atom. The maximum Gasteiger partial charge on any atom is 0.260 e. The lowest BCUT2D eigenvalue weighted by atomic mass is 9.99. The molecule has 0 aliphatic heterocycles. The van der Waals surface area contributed by atoms with Crippen LogP contribution in [0.15, 0.2) is 0 Å². The Morgan fingerprint density at radius 2 is 0.882 bits per heavy atom. The highest BCUT2D eigenvalue weighted by Crippen LogP contribution is 2.25. The van der Waals surface area contributed by atoms with E-state index in [1.165, 1.54) is 122 Å². The van der Waals surface area contributed by atoms with Crippen LogP contribution in [0.2, 0.25) is 0 Å². The average Bonchev–Trinajstić information content (AvgIpc) is 2.79. The van der Waals surface area contributed by atoms with Gasteiger partial charge in [0.2, 0.25) is 5.78 Å². The monoisotopic (exact) mass is 482 g/mol. The van der Waals surface area contributed by atoms with Gasteiger partial charge in [0.05, 0.1) is 27.7 Å². The molecule has 0 bridgehead atoms. The third-order valence-electron chi connectivity index (χ3n) is 7.69. The largest absolute Gasteiger partial charge is 0.321 e. The summed E-state index contributed by atoms with van der Waals surface area (Å²) in [5, 5.41) is 0. The Hall–Kier alpha value is -0.410. The van der Waals surface area contributed by atoms with E-state index in [9.17, 15) is 4.79 Å². The Labute approximate surface area is 215 Å². The molecule has 1 unspecified atom stereocenters. The van der Waals surface area contributed by atoms with E-state index in [2.05, 4.69) is 35.0 Å². The average molecular weight is 483 g/mol. The Kier molecular flexibility index (Phi) is 21.6. The van der Waals surface area contributed by atoms with Crippen molar-refractivity contribution in [2.75, 3.05) is 27.7 Å². The number of quaternary nitrogens is 1. The molecule has 0 amide bonds. The molecule has 0 saturated carbocycles. The summed E-state index contributed by atoms with van der Waals surface area (Å²) < 4.78 is 6.85. The van der Waals surface area contributed by atoms with E-state index < -0.39 is 5.72 Å². The fraction of sp³-hybridized carbons (Fsp3) is 0.968. The van der Waals surface area contributed by atoms with Crippen LogP contribution in [0.1, 0.15) is 162 Å². The van der Waals surface area contributed by atoms with Crippen LogP contribution in [0.4, 0.5) is 0 Å². The van der Waals surface area contributed by atoms with E-state index in [4.69, 9.17) is 4.74 Å². The third-order valence-corrected chi connectivity index (χ3v) is 7.69. The number of hydrogen-bond donors (Lipinski definition) is 0. The maximum absolute atomic E-state index is 13.1. The Bertz CT molecular complexity index is 457. The number of ether oxygens (including phenoxy) is 1. The van der Waals surface area contributed by atoms with Gasteiger partial charge in [0, 0.05) is 13.3 Å². The minimum absolute atomic E-state index is 0.280. The first-order valence-corrected chi connectivity index (χ1v) is 15.3. The molecule has 0 N–H and O–H groups in total. The van der Waals surface area contributed by atoms with E-state index in [-0.39, 0.29) is 5.78 Å². The first-order chi connectivity index (χ1) is 16.3. The summed E-state index contributed by atoms with van der Waals surface area (Å²) in [5.74, 6) is 0.280. The van der Waals surface area contributed by atoms with Gasteiger partial charge in [-0.25, -0.2) is 0 Å². The lowest BCUT2D eigenvalue weighted by Gasteiger charge is -2.41. The predicted octanol–water partition coefficient (Wildman–Crippen LogP) is 9.62. The van der Waals surface area contributed by atoms with Crippen LogP contribution >= 0.6 is 0 Å². The van der Waals surface area contributed by atoms with Gasteiger partial charge in [0.25, 0.3) is 5.72 Å². The Balaban J connectivity index is 3.93. The smallest absolute Gasteiger partial charge is 0.260 e. The molecule has 1 atom stereocenters. The molecule has 0 aromatic heterocycles. The van der Waals surface area contributed by atoms with E-state index in [0.717, 1.165) is 12.8 Å². The predicted molar refractivity (Wildman–Crippen MR) is 150 cm³/mol. The summed E-state index contributed by atoms with van der Waals surface area (Å²) in [6.07, 6.45) is 28.3. The number of likely N-dealkylation sites (N-methyl/N-ethyl adjacent to an activating group) is 1. The molecule has 0 fully saturated rings. The van der Waals surface area contributed by atoms with Crippen LogP contribution in [0.25, 0.3) is 0 Å².